The maximum absolute atomic E-state index is 5.74. The zero-order chi connectivity index (χ0) is 13.1. The summed E-state index contributed by atoms with van der Waals surface area (Å²) in [4.78, 5) is 22.8. The van der Waals surface area contributed by atoms with Crippen molar-refractivity contribution in [2.24, 2.45) is 0 Å². The van der Waals surface area contributed by atoms with Gasteiger partial charge in [-0.05, 0) is 0 Å². The van der Waals surface area contributed by atoms with Crippen molar-refractivity contribution in [2.75, 3.05) is 36.9 Å². The first kappa shape index (κ1) is 11.7. The van der Waals surface area contributed by atoms with Gasteiger partial charge in [0.15, 0.2) is 5.82 Å². The Bertz CT molecular complexity index is 556. The Labute approximate surface area is 109 Å². The number of nitrogens with zero attached hydrogens (tertiary/aromatic N) is 6. The van der Waals surface area contributed by atoms with E-state index in [0.29, 0.717) is 30.7 Å². The van der Waals surface area contributed by atoms with E-state index in [1.54, 1.807) is 18.6 Å². The van der Waals surface area contributed by atoms with Gasteiger partial charge < -0.3 is 15.4 Å². The summed E-state index contributed by atoms with van der Waals surface area (Å²) in [6.07, 6.45) is 4.78. The van der Waals surface area contributed by atoms with E-state index < -0.39 is 0 Å². The van der Waals surface area contributed by atoms with Crippen molar-refractivity contribution in [2.45, 2.75) is 0 Å². The third kappa shape index (κ3) is 2.58. The van der Waals surface area contributed by atoms with Crippen LogP contribution in [0.15, 0.2) is 18.6 Å². The molecular formula is C11H13N7O. The lowest BCUT2D eigenvalue weighted by Crippen LogP contribution is -2.37. The lowest BCUT2D eigenvalue weighted by atomic mass is 10.4. The molecule has 98 valence electrons. The van der Waals surface area contributed by atoms with E-state index in [4.69, 9.17) is 10.5 Å². The summed E-state index contributed by atoms with van der Waals surface area (Å²) in [7, 11) is 0. The number of morpholine rings is 1. The van der Waals surface area contributed by atoms with E-state index in [1.807, 2.05) is 4.90 Å². The maximum Gasteiger partial charge on any atom is 0.230 e. The summed E-state index contributed by atoms with van der Waals surface area (Å²) in [6, 6.07) is 0. The van der Waals surface area contributed by atoms with E-state index in [9.17, 15) is 0 Å². The number of hydrogen-bond donors (Lipinski definition) is 1. The van der Waals surface area contributed by atoms with E-state index in [0.717, 1.165) is 13.1 Å². The zero-order valence-corrected chi connectivity index (χ0v) is 10.2. The minimum absolute atomic E-state index is 0.178. The molecule has 0 aliphatic carbocycles. The second-order valence-electron chi connectivity index (χ2n) is 4.01. The molecule has 0 amide bonds. The zero-order valence-electron chi connectivity index (χ0n) is 10.2. The minimum Gasteiger partial charge on any atom is -0.378 e. The topological polar surface area (TPSA) is 103 Å². The second-order valence-corrected chi connectivity index (χ2v) is 4.01. The largest absolute Gasteiger partial charge is 0.378 e. The van der Waals surface area contributed by atoms with Gasteiger partial charge in [-0.3, -0.25) is 4.98 Å². The number of anilines is 2. The average Bonchev–Trinajstić information content (AvgIpc) is 2.48. The third-order valence-corrected chi connectivity index (χ3v) is 2.73. The molecule has 2 aromatic heterocycles. The average molecular weight is 259 g/mol. The Morgan fingerprint density at radius 1 is 1.11 bits per heavy atom. The summed E-state index contributed by atoms with van der Waals surface area (Å²) in [6.45, 7) is 2.80. The van der Waals surface area contributed by atoms with Crippen molar-refractivity contribution in [1.82, 2.24) is 24.9 Å². The van der Waals surface area contributed by atoms with E-state index in [2.05, 4.69) is 24.9 Å². The van der Waals surface area contributed by atoms with Gasteiger partial charge in [-0.25, -0.2) is 4.98 Å². The van der Waals surface area contributed by atoms with Crippen molar-refractivity contribution in [3.63, 3.8) is 0 Å². The van der Waals surface area contributed by atoms with Crippen molar-refractivity contribution in [1.29, 1.82) is 0 Å². The number of ether oxygens (including phenoxy) is 1. The summed E-state index contributed by atoms with van der Waals surface area (Å²) in [5, 5.41) is 0. The van der Waals surface area contributed by atoms with Crippen molar-refractivity contribution in [3.8, 4) is 11.5 Å². The molecule has 0 unspecified atom stereocenters. The monoisotopic (exact) mass is 259 g/mol. The van der Waals surface area contributed by atoms with Gasteiger partial charge in [0, 0.05) is 25.5 Å². The molecule has 8 heteroatoms. The highest BCUT2D eigenvalue weighted by Crippen LogP contribution is 2.16. The molecule has 1 aliphatic rings. The van der Waals surface area contributed by atoms with Crippen LogP contribution >= 0.6 is 0 Å². The molecule has 2 aromatic rings. The highest BCUT2D eigenvalue weighted by atomic mass is 16.5. The number of nitrogen functional groups attached to an aromatic ring is 1. The van der Waals surface area contributed by atoms with Gasteiger partial charge in [0.1, 0.15) is 5.69 Å². The van der Waals surface area contributed by atoms with E-state index >= 15 is 0 Å². The van der Waals surface area contributed by atoms with Gasteiger partial charge >= 0.3 is 0 Å². The Morgan fingerprint density at radius 2 is 1.95 bits per heavy atom. The van der Waals surface area contributed by atoms with Crippen LogP contribution in [0.1, 0.15) is 0 Å². The summed E-state index contributed by atoms with van der Waals surface area (Å²) in [5.74, 6) is 1.16. The molecule has 0 aromatic carbocycles. The Kier molecular flexibility index (Phi) is 3.15. The molecule has 3 heterocycles. The fraction of sp³-hybridized carbons (Fsp3) is 0.364. The Balaban J connectivity index is 1.96. The molecule has 0 bridgehead atoms. The summed E-state index contributed by atoms with van der Waals surface area (Å²) >= 11 is 0. The quantitative estimate of drug-likeness (QED) is 0.787. The van der Waals surface area contributed by atoms with Crippen LogP contribution < -0.4 is 10.6 Å². The van der Waals surface area contributed by atoms with Gasteiger partial charge in [0.2, 0.25) is 11.9 Å². The molecule has 2 N–H and O–H groups in total. The lowest BCUT2D eigenvalue weighted by molar-refractivity contribution is 0.122. The van der Waals surface area contributed by atoms with Crippen molar-refractivity contribution < 1.29 is 4.74 Å². The van der Waals surface area contributed by atoms with Crippen molar-refractivity contribution in [3.05, 3.63) is 18.6 Å². The van der Waals surface area contributed by atoms with Crippen LogP contribution in [-0.2, 0) is 4.74 Å². The van der Waals surface area contributed by atoms with Crippen LogP contribution in [0, 0.1) is 0 Å². The molecule has 3 rings (SSSR count). The van der Waals surface area contributed by atoms with Gasteiger partial charge in [-0.1, -0.05) is 0 Å². The smallest absolute Gasteiger partial charge is 0.230 e. The second kappa shape index (κ2) is 5.11. The van der Waals surface area contributed by atoms with E-state index in [1.165, 1.54) is 0 Å². The summed E-state index contributed by atoms with van der Waals surface area (Å²) < 4.78 is 5.30. The normalized spacial score (nSPS) is 15.5. The van der Waals surface area contributed by atoms with Crippen LogP contribution in [0.5, 0.6) is 0 Å². The molecule has 8 nitrogen and oxygen atoms in total. The Morgan fingerprint density at radius 3 is 2.68 bits per heavy atom. The van der Waals surface area contributed by atoms with Gasteiger partial charge in [0.05, 0.1) is 19.4 Å². The molecule has 0 radical (unpaired) electrons. The van der Waals surface area contributed by atoms with Crippen LogP contribution in [0.25, 0.3) is 11.5 Å². The number of aromatic nitrogens is 5. The van der Waals surface area contributed by atoms with Crippen LogP contribution in [-0.4, -0.2) is 51.2 Å². The number of hydrogen-bond acceptors (Lipinski definition) is 8. The lowest BCUT2D eigenvalue weighted by Gasteiger charge is -2.26. The predicted molar refractivity (Wildman–Crippen MR) is 68.3 cm³/mol. The standard InChI is InChI=1S/C11H13N7O/c12-10-15-9(8-7-13-1-2-14-8)16-11(17-10)18-3-5-19-6-4-18/h1-2,7H,3-6H2,(H2,12,15,16,17). The molecular weight excluding hydrogens is 246 g/mol. The van der Waals surface area contributed by atoms with Gasteiger partial charge in [-0.2, -0.15) is 15.0 Å². The fourth-order valence-corrected chi connectivity index (χ4v) is 1.81. The van der Waals surface area contributed by atoms with Crippen LogP contribution in [0.2, 0.25) is 0 Å². The van der Waals surface area contributed by atoms with Gasteiger partial charge in [0.25, 0.3) is 0 Å². The molecule has 0 saturated carbocycles. The van der Waals surface area contributed by atoms with Crippen molar-refractivity contribution >= 4 is 11.9 Å². The molecule has 1 saturated heterocycles. The fourth-order valence-electron chi connectivity index (χ4n) is 1.81. The first-order chi connectivity index (χ1) is 9.33. The van der Waals surface area contributed by atoms with Crippen LogP contribution in [0.4, 0.5) is 11.9 Å². The number of rotatable bonds is 2. The van der Waals surface area contributed by atoms with Crippen LogP contribution in [0.3, 0.4) is 0 Å². The van der Waals surface area contributed by atoms with E-state index in [-0.39, 0.29) is 5.95 Å². The predicted octanol–water partition coefficient (Wildman–Crippen LogP) is -0.253. The highest BCUT2D eigenvalue weighted by Gasteiger charge is 2.16. The molecule has 0 spiro atoms. The first-order valence-electron chi connectivity index (χ1n) is 5.93. The number of nitrogens with two attached hydrogens (primary N) is 1. The first-order valence-corrected chi connectivity index (χ1v) is 5.93. The Hall–Kier alpha value is -2.35. The molecule has 0 atom stereocenters. The van der Waals surface area contributed by atoms with Gasteiger partial charge in [-0.15, -0.1) is 0 Å². The molecule has 1 fully saturated rings. The molecule has 19 heavy (non-hydrogen) atoms. The minimum atomic E-state index is 0.178. The third-order valence-electron chi connectivity index (χ3n) is 2.73. The maximum atomic E-state index is 5.74. The highest BCUT2D eigenvalue weighted by molar-refractivity contribution is 5.52. The SMILES string of the molecule is Nc1nc(-c2cnccn2)nc(N2CCOCC2)n1. The summed E-state index contributed by atoms with van der Waals surface area (Å²) in [5.41, 5.74) is 6.31. The molecule has 1 aliphatic heterocycles.